The van der Waals surface area contributed by atoms with Gasteiger partial charge in [0.2, 0.25) is 5.89 Å². The summed E-state index contributed by atoms with van der Waals surface area (Å²) in [5.41, 5.74) is 2.74. The van der Waals surface area contributed by atoms with Gasteiger partial charge in [-0.2, -0.15) is 0 Å². The molecule has 0 saturated carbocycles. The van der Waals surface area contributed by atoms with Crippen LogP contribution in [0.4, 0.5) is 10.5 Å². The number of amides is 3. The van der Waals surface area contributed by atoms with Crippen LogP contribution in [-0.2, 0) is 6.54 Å². The number of aromatic nitrogens is 1. The molecule has 2 heterocycles. The minimum Gasteiger partial charge on any atom is -0.439 e. The van der Waals surface area contributed by atoms with E-state index in [1.165, 1.54) is 4.90 Å². The Balaban J connectivity index is 1.33. The van der Waals surface area contributed by atoms with Gasteiger partial charge < -0.3 is 19.5 Å². The van der Waals surface area contributed by atoms with Gasteiger partial charge in [-0.1, -0.05) is 6.07 Å². The molecule has 4 rings (SSSR count). The second-order valence-corrected chi connectivity index (χ2v) is 8.79. The first-order chi connectivity index (χ1) is 15.4. The standard InChI is InChI=1S/C23H27N5O3S/c1-26(2)22(29)16-7-8-20-19(13-16)25-21(31-20)15-27-9-11-28(12-10-27)23(30)24-17-5-4-6-18(14-17)32-3/h4-8,13-14H,9-12,15H2,1-3H3,(H,24,30). The average Bonchev–Trinajstić information content (AvgIpc) is 3.20. The molecule has 0 spiro atoms. The second kappa shape index (κ2) is 9.62. The molecule has 0 radical (unpaired) electrons. The molecule has 3 aromatic rings. The van der Waals surface area contributed by atoms with Crippen molar-refractivity contribution in [1.29, 1.82) is 0 Å². The lowest BCUT2D eigenvalue weighted by molar-refractivity contribution is 0.0827. The Hall–Kier alpha value is -3.04. The number of carbonyl (C=O) groups excluding carboxylic acids is 2. The van der Waals surface area contributed by atoms with Crippen LogP contribution in [0.3, 0.4) is 0 Å². The van der Waals surface area contributed by atoms with Crippen molar-refractivity contribution < 1.29 is 14.0 Å². The van der Waals surface area contributed by atoms with Crippen molar-refractivity contribution in [2.45, 2.75) is 11.4 Å². The van der Waals surface area contributed by atoms with E-state index >= 15 is 0 Å². The lowest BCUT2D eigenvalue weighted by Gasteiger charge is -2.34. The minimum absolute atomic E-state index is 0.0639. The third kappa shape index (κ3) is 5.05. The van der Waals surface area contributed by atoms with Crippen LogP contribution >= 0.6 is 11.8 Å². The Bertz CT molecular complexity index is 1120. The van der Waals surface area contributed by atoms with Crippen molar-refractivity contribution in [2.24, 2.45) is 0 Å². The molecule has 2 aromatic carbocycles. The Morgan fingerprint density at radius 1 is 1.12 bits per heavy atom. The molecular weight excluding hydrogens is 426 g/mol. The van der Waals surface area contributed by atoms with Crippen LogP contribution in [0.15, 0.2) is 51.8 Å². The normalized spacial score (nSPS) is 14.5. The molecule has 1 aliphatic heterocycles. The molecule has 9 heteroatoms. The van der Waals surface area contributed by atoms with Gasteiger partial charge in [0, 0.05) is 56.4 Å². The second-order valence-electron chi connectivity index (χ2n) is 7.91. The monoisotopic (exact) mass is 453 g/mol. The van der Waals surface area contributed by atoms with E-state index in [-0.39, 0.29) is 11.9 Å². The van der Waals surface area contributed by atoms with Gasteiger partial charge in [0.15, 0.2) is 5.58 Å². The lowest BCUT2D eigenvalue weighted by atomic mass is 10.2. The first-order valence-electron chi connectivity index (χ1n) is 10.5. The number of oxazole rings is 1. The zero-order chi connectivity index (χ0) is 22.7. The Kier molecular flexibility index (Phi) is 6.66. The van der Waals surface area contributed by atoms with E-state index in [1.807, 2.05) is 35.4 Å². The van der Waals surface area contributed by atoms with Gasteiger partial charge in [0.25, 0.3) is 5.91 Å². The Morgan fingerprint density at radius 2 is 1.91 bits per heavy atom. The van der Waals surface area contributed by atoms with E-state index in [2.05, 4.69) is 15.2 Å². The summed E-state index contributed by atoms with van der Waals surface area (Å²) in [7, 11) is 3.45. The number of carbonyl (C=O) groups is 2. The predicted octanol–water partition coefficient (Wildman–Crippen LogP) is 3.60. The smallest absolute Gasteiger partial charge is 0.321 e. The van der Waals surface area contributed by atoms with Gasteiger partial charge in [-0.3, -0.25) is 9.69 Å². The Morgan fingerprint density at radius 3 is 2.62 bits per heavy atom. The SMILES string of the molecule is CSc1cccc(NC(=O)N2CCN(Cc3nc4cc(C(=O)N(C)C)ccc4o3)CC2)c1. The average molecular weight is 454 g/mol. The number of piperazine rings is 1. The van der Waals surface area contributed by atoms with Crippen molar-refractivity contribution in [3.05, 3.63) is 53.9 Å². The molecule has 1 N–H and O–H groups in total. The number of nitrogens with one attached hydrogen (secondary N) is 1. The summed E-state index contributed by atoms with van der Waals surface area (Å²) < 4.78 is 5.87. The number of rotatable bonds is 5. The maximum absolute atomic E-state index is 12.6. The van der Waals surface area contributed by atoms with E-state index < -0.39 is 0 Å². The molecule has 1 saturated heterocycles. The number of urea groups is 1. The summed E-state index contributed by atoms with van der Waals surface area (Å²) in [6, 6.07) is 13.1. The van der Waals surface area contributed by atoms with Gasteiger partial charge in [-0.05, 0) is 42.7 Å². The van der Waals surface area contributed by atoms with Gasteiger partial charge in [0.05, 0.1) is 6.54 Å². The van der Waals surface area contributed by atoms with Gasteiger partial charge in [0.1, 0.15) is 5.52 Å². The van der Waals surface area contributed by atoms with E-state index in [9.17, 15) is 9.59 Å². The summed E-state index contributed by atoms with van der Waals surface area (Å²) in [6.45, 7) is 3.31. The van der Waals surface area contributed by atoms with Crippen LogP contribution in [0.1, 0.15) is 16.2 Å². The number of nitrogens with zero attached hydrogens (tertiary/aromatic N) is 4. The Labute approximate surface area is 191 Å². The highest BCUT2D eigenvalue weighted by Crippen LogP contribution is 2.21. The fraction of sp³-hybridized carbons (Fsp3) is 0.348. The number of fused-ring (bicyclic) bond motifs is 1. The number of hydrogen-bond acceptors (Lipinski definition) is 6. The molecular formula is C23H27N5O3S. The maximum atomic E-state index is 12.6. The van der Waals surface area contributed by atoms with Crippen LogP contribution < -0.4 is 5.32 Å². The third-order valence-corrected chi connectivity index (χ3v) is 6.15. The summed E-state index contributed by atoms with van der Waals surface area (Å²) in [4.78, 5) is 36.0. The van der Waals surface area contributed by atoms with Crippen molar-refractivity contribution in [3.8, 4) is 0 Å². The molecule has 32 heavy (non-hydrogen) atoms. The van der Waals surface area contributed by atoms with Crippen LogP contribution in [0.2, 0.25) is 0 Å². The van der Waals surface area contributed by atoms with E-state index in [0.29, 0.717) is 42.2 Å². The fourth-order valence-corrected chi connectivity index (χ4v) is 4.10. The molecule has 1 fully saturated rings. The van der Waals surface area contributed by atoms with Crippen molar-refractivity contribution in [1.82, 2.24) is 19.7 Å². The van der Waals surface area contributed by atoms with Gasteiger partial charge in [-0.15, -0.1) is 11.8 Å². The van der Waals surface area contributed by atoms with E-state index in [1.54, 1.807) is 44.1 Å². The number of benzene rings is 2. The number of hydrogen-bond donors (Lipinski definition) is 1. The molecule has 8 nitrogen and oxygen atoms in total. The molecule has 0 aliphatic carbocycles. The van der Waals surface area contributed by atoms with Gasteiger partial charge >= 0.3 is 6.03 Å². The highest BCUT2D eigenvalue weighted by molar-refractivity contribution is 7.98. The largest absolute Gasteiger partial charge is 0.439 e. The summed E-state index contributed by atoms with van der Waals surface area (Å²) in [6.07, 6.45) is 2.01. The highest BCUT2D eigenvalue weighted by atomic mass is 32.2. The molecule has 1 aromatic heterocycles. The summed E-state index contributed by atoms with van der Waals surface area (Å²) in [5, 5.41) is 2.98. The van der Waals surface area contributed by atoms with Crippen LogP contribution in [0.25, 0.3) is 11.1 Å². The fourth-order valence-electron chi connectivity index (χ4n) is 3.64. The summed E-state index contributed by atoms with van der Waals surface area (Å²) >= 11 is 1.65. The van der Waals surface area contributed by atoms with Gasteiger partial charge in [-0.25, -0.2) is 9.78 Å². The molecule has 0 unspecified atom stereocenters. The van der Waals surface area contributed by atoms with Crippen LogP contribution in [-0.4, -0.2) is 78.2 Å². The zero-order valence-corrected chi connectivity index (χ0v) is 19.3. The number of anilines is 1. The zero-order valence-electron chi connectivity index (χ0n) is 18.5. The van der Waals surface area contributed by atoms with Crippen LogP contribution in [0.5, 0.6) is 0 Å². The molecule has 168 valence electrons. The van der Waals surface area contributed by atoms with Crippen molar-refractivity contribution >= 4 is 40.5 Å². The quantitative estimate of drug-likeness (QED) is 0.595. The van der Waals surface area contributed by atoms with E-state index in [4.69, 9.17) is 4.42 Å². The molecule has 1 aliphatic rings. The maximum Gasteiger partial charge on any atom is 0.321 e. The molecule has 3 amide bonds. The minimum atomic E-state index is -0.0807. The van der Waals surface area contributed by atoms with Crippen molar-refractivity contribution in [3.63, 3.8) is 0 Å². The molecule has 0 bridgehead atoms. The predicted molar refractivity (Wildman–Crippen MR) is 126 cm³/mol. The first kappa shape index (κ1) is 22.2. The molecule has 0 atom stereocenters. The van der Waals surface area contributed by atoms with Crippen molar-refractivity contribution in [2.75, 3.05) is 51.8 Å². The third-order valence-electron chi connectivity index (χ3n) is 5.42. The topological polar surface area (TPSA) is 81.9 Å². The van der Waals surface area contributed by atoms with Crippen LogP contribution in [0, 0.1) is 0 Å². The number of thioether (sulfide) groups is 1. The first-order valence-corrected chi connectivity index (χ1v) is 11.7. The lowest BCUT2D eigenvalue weighted by Crippen LogP contribution is -2.49. The highest BCUT2D eigenvalue weighted by Gasteiger charge is 2.23. The van der Waals surface area contributed by atoms with E-state index in [0.717, 1.165) is 23.7 Å². The summed E-state index contributed by atoms with van der Waals surface area (Å²) in [5.74, 6) is 0.548.